The van der Waals surface area contributed by atoms with Gasteiger partial charge in [-0.05, 0) is 44.7 Å². The van der Waals surface area contributed by atoms with E-state index in [4.69, 9.17) is 5.73 Å². The van der Waals surface area contributed by atoms with Gasteiger partial charge in [0.05, 0.1) is 31.1 Å². The van der Waals surface area contributed by atoms with Crippen molar-refractivity contribution >= 4 is 21.8 Å². The van der Waals surface area contributed by atoms with Crippen LogP contribution in [0.1, 0.15) is 30.4 Å². The number of nitrogens with two attached hydrogens (primary N) is 1. The first-order chi connectivity index (χ1) is 13.7. The van der Waals surface area contributed by atoms with Gasteiger partial charge in [0.2, 0.25) is 15.9 Å². The number of hydrogen-bond acceptors (Lipinski definition) is 4. The molecular weight excluding hydrogens is 392 g/mol. The second-order valence-electron chi connectivity index (χ2n) is 8.10. The molecule has 1 aromatic carbocycles. The Morgan fingerprint density at radius 1 is 1.14 bits per heavy atom. The van der Waals surface area contributed by atoms with Crippen molar-refractivity contribution in [3.8, 4) is 0 Å². The van der Waals surface area contributed by atoms with E-state index in [1.807, 2.05) is 26.0 Å². The summed E-state index contributed by atoms with van der Waals surface area (Å²) in [6, 6.07) is 4.85. The normalized spacial score (nSPS) is 21.9. The van der Waals surface area contributed by atoms with Crippen molar-refractivity contribution in [3.05, 3.63) is 29.3 Å². The van der Waals surface area contributed by atoms with Gasteiger partial charge in [0.15, 0.2) is 6.54 Å². The number of carbonyl (C=O) groups excluding carboxylic acids is 2. The fraction of sp³-hybridized carbons (Fsp3) is 0.600. The Morgan fingerprint density at radius 3 is 2.45 bits per heavy atom. The number of rotatable bonds is 5. The summed E-state index contributed by atoms with van der Waals surface area (Å²) in [5.41, 5.74) is 7.23. The highest BCUT2D eigenvalue weighted by molar-refractivity contribution is 7.89. The van der Waals surface area contributed by atoms with Crippen molar-refractivity contribution in [1.82, 2.24) is 9.21 Å². The summed E-state index contributed by atoms with van der Waals surface area (Å²) in [4.78, 5) is 27.4. The van der Waals surface area contributed by atoms with E-state index >= 15 is 0 Å². The standard InChI is InChI=1S/C20H30N4O4S/c1-15-6-7-18(16(2)13-15)29(27,28)23-11-9-22(10-12-23)14-19(25)24-8-4-3-5-17(24)20(21)26/h6-7,13,17H,3-5,8-12,14H2,1-2H3,(H2,21,26)/p+1/t17-/m1/s1. The van der Waals surface area contributed by atoms with E-state index in [1.165, 1.54) is 4.31 Å². The SMILES string of the molecule is Cc1ccc(S(=O)(=O)N2CC[NH+](CC(=O)N3CCCC[C@@H]3C(N)=O)CC2)c(C)c1. The van der Waals surface area contributed by atoms with Gasteiger partial charge in [-0.15, -0.1) is 0 Å². The van der Waals surface area contributed by atoms with Crippen molar-refractivity contribution in [1.29, 1.82) is 0 Å². The van der Waals surface area contributed by atoms with E-state index in [0.717, 1.165) is 28.9 Å². The fourth-order valence-electron chi connectivity index (χ4n) is 4.29. The van der Waals surface area contributed by atoms with E-state index in [0.29, 0.717) is 44.0 Å². The highest BCUT2D eigenvalue weighted by atomic mass is 32.2. The van der Waals surface area contributed by atoms with Gasteiger partial charge in [-0.3, -0.25) is 9.59 Å². The van der Waals surface area contributed by atoms with Crippen LogP contribution in [-0.4, -0.2) is 74.7 Å². The highest BCUT2D eigenvalue weighted by Gasteiger charge is 2.35. The van der Waals surface area contributed by atoms with Crippen molar-refractivity contribution in [2.45, 2.75) is 44.0 Å². The number of amides is 2. The molecule has 2 aliphatic rings. The molecule has 1 atom stereocenters. The number of carbonyl (C=O) groups is 2. The van der Waals surface area contributed by atoms with E-state index in [2.05, 4.69) is 0 Å². The first-order valence-electron chi connectivity index (χ1n) is 10.2. The van der Waals surface area contributed by atoms with Crippen LogP contribution in [0.25, 0.3) is 0 Å². The maximum Gasteiger partial charge on any atom is 0.278 e. The lowest BCUT2D eigenvalue weighted by atomic mass is 10.0. The number of piperidine rings is 1. The zero-order valence-electron chi connectivity index (χ0n) is 17.2. The summed E-state index contributed by atoms with van der Waals surface area (Å²) >= 11 is 0. The first kappa shape index (κ1) is 21.7. The minimum Gasteiger partial charge on any atom is -0.368 e. The molecule has 0 spiro atoms. The highest BCUT2D eigenvalue weighted by Crippen LogP contribution is 2.21. The quantitative estimate of drug-likeness (QED) is 0.638. The molecule has 2 heterocycles. The lowest BCUT2D eigenvalue weighted by molar-refractivity contribution is -0.896. The predicted octanol–water partition coefficient (Wildman–Crippen LogP) is -0.941. The van der Waals surface area contributed by atoms with Crippen LogP contribution in [0.3, 0.4) is 0 Å². The third kappa shape index (κ3) is 4.79. The maximum atomic E-state index is 13.0. The molecule has 3 rings (SSSR count). The van der Waals surface area contributed by atoms with Crippen molar-refractivity contribution in [2.75, 3.05) is 39.3 Å². The summed E-state index contributed by atoms with van der Waals surface area (Å²) in [5.74, 6) is -0.522. The number of nitrogens with zero attached hydrogens (tertiary/aromatic N) is 2. The number of benzene rings is 1. The van der Waals surface area contributed by atoms with Crippen molar-refractivity contribution in [2.24, 2.45) is 5.73 Å². The molecule has 2 fully saturated rings. The Hall–Kier alpha value is -1.97. The molecule has 2 aliphatic heterocycles. The number of piperazine rings is 1. The van der Waals surface area contributed by atoms with Gasteiger partial charge in [-0.2, -0.15) is 4.31 Å². The molecule has 8 nitrogen and oxygen atoms in total. The summed E-state index contributed by atoms with van der Waals surface area (Å²) < 4.78 is 27.5. The van der Waals surface area contributed by atoms with Crippen LogP contribution < -0.4 is 10.6 Å². The predicted molar refractivity (Wildman–Crippen MR) is 109 cm³/mol. The molecule has 9 heteroatoms. The van der Waals surface area contributed by atoms with Crippen LogP contribution in [-0.2, 0) is 19.6 Å². The topological polar surface area (TPSA) is 105 Å². The average molecular weight is 424 g/mol. The van der Waals surface area contributed by atoms with Crippen LogP contribution >= 0.6 is 0 Å². The molecule has 1 aromatic rings. The van der Waals surface area contributed by atoms with Crippen LogP contribution in [0.4, 0.5) is 0 Å². The van der Waals surface area contributed by atoms with Crippen molar-refractivity contribution < 1.29 is 22.9 Å². The van der Waals surface area contributed by atoms with Gasteiger partial charge in [-0.25, -0.2) is 8.42 Å². The molecule has 0 unspecified atom stereocenters. The minimum atomic E-state index is -3.54. The molecule has 160 valence electrons. The Bertz CT molecular complexity index is 878. The number of nitrogens with one attached hydrogen (secondary N) is 1. The van der Waals surface area contributed by atoms with Crippen LogP contribution in [0, 0.1) is 13.8 Å². The Kier molecular flexibility index (Phi) is 6.60. The number of sulfonamides is 1. The number of primary amides is 1. The molecule has 0 bridgehead atoms. The van der Waals surface area contributed by atoms with E-state index in [9.17, 15) is 18.0 Å². The van der Waals surface area contributed by atoms with Crippen LogP contribution in [0.5, 0.6) is 0 Å². The molecule has 2 saturated heterocycles. The Labute approximate surface area is 172 Å². The Balaban J connectivity index is 1.60. The molecule has 29 heavy (non-hydrogen) atoms. The molecule has 0 aromatic heterocycles. The number of hydrogen-bond donors (Lipinski definition) is 2. The van der Waals surface area contributed by atoms with E-state index in [-0.39, 0.29) is 12.5 Å². The van der Waals surface area contributed by atoms with Crippen LogP contribution in [0.2, 0.25) is 0 Å². The largest absolute Gasteiger partial charge is 0.368 e. The minimum absolute atomic E-state index is 0.0748. The number of quaternary nitrogens is 1. The smallest absolute Gasteiger partial charge is 0.278 e. The lowest BCUT2D eigenvalue weighted by Crippen LogP contribution is -3.15. The number of likely N-dealkylation sites (tertiary alicyclic amines) is 1. The maximum absolute atomic E-state index is 13.0. The van der Waals surface area contributed by atoms with E-state index < -0.39 is 22.0 Å². The van der Waals surface area contributed by atoms with Crippen LogP contribution in [0.15, 0.2) is 23.1 Å². The summed E-state index contributed by atoms with van der Waals surface area (Å²) in [7, 11) is -3.54. The first-order valence-corrected chi connectivity index (χ1v) is 11.6. The lowest BCUT2D eigenvalue weighted by Gasteiger charge is -2.36. The van der Waals surface area contributed by atoms with Crippen molar-refractivity contribution in [3.63, 3.8) is 0 Å². The molecule has 0 radical (unpaired) electrons. The molecular formula is C20H31N4O4S+. The van der Waals surface area contributed by atoms with Gasteiger partial charge in [0, 0.05) is 6.54 Å². The fourth-order valence-corrected chi connectivity index (χ4v) is 5.94. The summed E-state index contributed by atoms with van der Waals surface area (Å²) in [6.45, 7) is 6.45. The molecule has 2 amide bonds. The third-order valence-electron chi connectivity index (χ3n) is 5.93. The van der Waals surface area contributed by atoms with Gasteiger partial charge in [-0.1, -0.05) is 17.7 Å². The van der Waals surface area contributed by atoms with Gasteiger partial charge in [0.25, 0.3) is 5.91 Å². The molecule has 0 saturated carbocycles. The second kappa shape index (κ2) is 8.81. The zero-order chi connectivity index (χ0) is 21.2. The molecule has 3 N–H and O–H groups in total. The van der Waals surface area contributed by atoms with E-state index in [1.54, 1.807) is 11.0 Å². The summed E-state index contributed by atoms with van der Waals surface area (Å²) in [6.07, 6.45) is 2.41. The van der Waals surface area contributed by atoms with Gasteiger partial charge >= 0.3 is 0 Å². The third-order valence-corrected chi connectivity index (χ3v) is 7.99. The number of aryl methyl sites for hydroxylation is 2. The Morgan fingerprint density at radius 2 is 1.83 bits per heavy atom. The van der Waals surface area contributed by atoms with Gasteiger partial charge in [0.1, 0.15) is 6.04 Å². The second-order valence-corrected chi connectivity index (χ2v) is 10.0. The average Bonchev–Trinajstić information content (AvgIpc) is 2.68. The zero-order valence-corrected chi connectivity index (χ0v) is 18.0. The van der Waals surface area contributed by atoms with Gasteiger partial charge < -0.3 is 15.5 Å². The summed E-state index contributed by atoms with van der Waals surface area (Å²) in [5, 5.41) is 0. The molecule has 0 aliphatic carbocycles. The monoisotopic (exact) mass is 423 g/mol.